The lowest BCUT2D eigenvalue weighted by Gasteiger charge is -2.36. The van der Waals surface area contributed by atoms with Gasteiger partial charge in [0.05, 0.1) is 5.56 Å². The van der Waals surface area contributed by atoms with E-state index in [0.717, 1.165) is 29.5 Å². The Hall–Kier alpha value is -2.07. The second-order valence-corrected chi connectivity index (χ2v) is 5.83. The molecule has 114 valence electrons. The minimum absolute atomic E-state index is 0.0661. The molecule has 0 unspecified atom stereocenters. The number of aryl methyl sites for hydroxylation is 1. The predicted molar refractivity (Wildman–Crippen MR) is 88.5 cm³/mol. The molecule has 0 radical (unpaired) electrons. The van der Waals surface area contributed by atoms with Crippen molar-refractivity contribution in [2.75, 3.05) is 31.1 Å². The predicted octanol–water partition coefficient (Wildman–Crippen LogP) is 3.01. The van der Waals surface area contributed by atoms with Gasteiger partial charge in [0.1, 0.15) is 0 Å². The van der Waals surface area contributed by atoms with Crippen molar-refractivity contribution >= 4 is 23.2 Å². The summed E-state index contributed by atoms with van der Waals surface area (Å²) in [5.41, 5.74) is 2.58. The average molecular weight is 316 g/mol. The van der Waals surface area contributed by atoms with Gasteiger partial charge in [0.15, 0.2) is 0 Å². The highest BCUT2D eigenvalue weighted by Gasteiger charge is 2.23. The first-order valence-corrected chi connectivity index (χ1v) is 7.74. The summed E-state index contributed by atoms with van der Waals surface area (Å²) in [7, 11) is 0. The summed E-state index contributed by atoms with van der Waals surface area (Å²) in [4.78, 5) is 20.9. The number of halogens is 1. The fraction of sp³-hybridized carbons (Fsp3) is 0.294. The van der Waals surface area contributed by atoms with E-state index >= 15 is 0 Å². The third-order valence-corrected chi connectivity index (χ3v) is 4.21. The minimum atomic E-state index is 0.0661. The van der Waals surface area contributed by atoms with Crippen LogP contribution in [0.15, 0.2) is 42.6 Å². The smallest absolute Gasteiger partial charge is 0.255 e. The molecular formula is C17H18ClN3O. The number of carbonyl (C=O) groups is 1. The Morgan fingerprint density at radius 1 is 1.14 bits per heavy atom. The van der Waals surface area contributed by atoms with Crippen LogP contribution in [0, 0.1) is 6.92 Å². The molecule has 3 rings (SSSR count). The first kappa shape index (κ1) is 14.9. The van der Waals surface area contributed by atoms with Gasteiger partial charge in [0, 0.05) is 48.8 Å². The number of piperazine rings is 1. The summed E-state index contributed by atoms with van der Waals surface area (Å²) in [5.74, 6) is 0.0661. The molecule has 0 spiro atoms. The van der Waals surface area contributed by atoms with Gasteiger partial charge < -0.3 is 9.80 Å². The van der Waals surface area contributed by atoms with Crippen LogP contribution in [0.1, 0.15) is 16.1 Å². The molecule has 0 aliphatic carbocycles. The zero-order chi connectivity index (χ0) is 15.5. The molecular weight excluding hydrogens is 298 g/mol. The van der Waals surface area contributed by atoms with Gasteiger partial charge in [-0.3, -0.25) is 9.78 Å². The molecule has 1 amide bonds. The number of rotatable bonds is 2. The number of hydrogen-bond acceptors (Lipinski definition) is 3. The zero-order valence-electron chi connectivity index (χ0n) is 12.5. The van der Waals surface area contributed by atoms with Gasteiger partial charge >= 0.3 is 0 Å². The fourth-order valence-electron chi connectivity index (χ4n) is 2.72. The lowest BCUT2D eigenvalue weighted by molar-refractivity contribution is 0.0745. The summed E-state index contributed by atoms with van der Waals surface area (Å²) in [6.07, 6.45) is 1.71. The van der Waals surface area contributed by atoms with Crippen LogP contribution in [0.25, 0.3) is 0 Å². The molecule has 0 saturated carbocycles. The molecule has 1 fully saturated rings. The number of aromatic nitrogens is 1. The molecule has 0 N–H and O–H groups in total. The molecule has 0 bridgehead atoms. The van der Waals surface area contributed by atoms with Crippen molar-refractivity contribution < 1.29 is 4.79 Å². The largest absolute Gasteiger partial charge is 0.368 e. The van der Waals surface area contributed by atoms with E-state index in [1.54, 1.807) is 6.20 Å². The summed E-state index contributed by atoms with van der Waals surface area (Å²) < 4.78 is 0. The quantitative estimate of drug-likeness (QED) is 0.855. The highest BCUT2D eigenvalue weighted by molar-refractivity contribution is 6.30. The molecule has 2 aromatic rings. The number of hydrogen-bond donors (Lipinski definition) is 0. The molecule has 2 heterocycles. The number of anilines is 1. The van der Waals surface area contributed by atoms with Gasteiger partial charge in [-0.05, 0) is 37.3 Å². The van der Waals surface area contributed by atoms with Crippen LogP contribution in [-0.4, -0.2) is 42.0 Å². The molecule has 1 aromatic carbocycles. The van der Waals surface area contributed by atoms with Crippen LogP contribution in [-0.2, 0) is 0 Å². The second-order valence-electron chi connectivity index (χ2n) is 5.40. The van der Waals surface area contributed by atoms with Crippen molar-refractivity contribution in [3.05, 3.63) is 58.9 Å². The van der Waals surface area contributed by atoms with E-state index in [9.17, 15) is 4.79 Å². The normalized spacial score (nSPS) is 15.0. The van der Waals surface area contributed by atoms with Gasteiger partial charge in [-0.15, -0.1) is 0 Å². The van der Waals surface area contributed by atoms with Crippen molar-refractivity contribution in [3.63, 3.8) is 0 Å². The molecule has 1 aromatic heterocycles. The Kier molecular flexibility index (Phi) is 4.29. The third-order valence-electron chi connectivity index (χ3n) is 3.98. The number of nitrogens with zero attached hydrogens (tertiary/aromatic N) is 3. The van der Waals surface area contributed by atoms with Crippen LogP contribution in [0.4, 0.5) is 5.69 Å². The second kappa shape index (κ2) is 6.36. The maximum Gasteiger partial charge on any atom is 0.255 e. The lowest BCUT2D eigenvalue weighted by atomic mass is 10.1. The topological polar surface area (TPSA) is 36.4 Å². The highest BCUT2D eigenvalue weighted by Crippen LogP contribution is 2.21. The zero-order valence-corrected chi connectivity index (χ0v) is 13.3. The van der Waals surface area contributed by atoms with E-state index in [1.807, 2.05) is 42.2 Å². The van der Waals surface area contributed by atoms with Gasteiger partial charge in [0.2, 0.25) is 0 Å². The fourth-order valence-corrected chi connectivity index (χ4v) is 2.91. The lowest BCUT2D eigenvalue weighted by Crippen LogP contribution is -2.49. The number of pyridine rings is 1. The molecule has 4 nitrogen and oxygen atoms in total. The first-order valence-electron chi connectivity index (χ1n) is 7.36. The van der Waals surface area contributed by atoms with Gasteiger partial charge in [0.25, 0.3) is 5.91 Å². The van der Waals surface area contributed by atoms with E-state index in [0.29, 0.717) is 18.7 Å². The molecule has 22 heavy (non-hydrogen) atoms. The van der Waals surface area contributed by atoms with Gasteiger partial charge in [-0.25, -0.2) is 0 Å². The Bertz CT molecular complexity index is 681. The van der Waals surface area contributed by atoms with Crippen molar-refractivity contribution in [1.82, 2.24) is 9.88 Å². The molecule has 1 aliphatic heterocycles. The monoisotopic (exact) mass is 315 g/mol. The standard InChI is InChI=1S/C17H18ClN3O/c1-13-16(6-3-7-19-13)17(22)21-10-8-20(9-11-21)15-5-2-4-14(18)12-15/h2-7,12H,8-11H2,1H3. The minimum Gasteiger partial charge on any atom is -0.368 e. The van der Waals surface area contributed by atoms with Crippen LogP contribution in [0.2, 0.25) is 5.02 Å². The van der Waals surface area contributed by atoms with Crippen molar-refractivity contribution in [2.24, 2.45) is 0 Å². The van der Waals surface area contributed by atoms with E-state index in [4.69, 9.17) is 11.6 Å². The summed E-state index contributed by atoms with van der Waals surface area (Å²) in [6.45, 7) is 4.91. The van der Waals surface area contributed by atoms with E-state index in [2.05, 4.69) is 16.0 Å². The van der Waals surface area contributed by atoms with Crippen molar-refractivity contribution in [2.45, 2.75) is 6.92 Å². The van der Waals surface area contributed by atoms with Crippen LogP contribution in [0.5, 0.6) is 0 Å². The molecule has 1 saturated heterocycles. The van der Waals surface area contributed by atoms with E-state index < -0.39 is 0 Å². The molecule has 5 heteroatoms. The highest BCUT2D eigenvalue weighted by atomic mass is 35.5. The third kappa shape index (κ3) is 3.07. The van der Waals surface area contributed by atoms with E-state index in [1.165, 1.54) is 0 Å². The summed E-state index contributed by atoms with van der Waals surface area (Å²) in [6, 6.07) is 11.5. The first-order chi connectivity index (χ1) is 10.6. The van der Waals surface area contributed by atoms with Crippen molar-refractivity contribution in [3.8, 4) is 0 Å². The maximum atomic E-state index is 12.6. The number of carbonyl (C=O) groups excluding carboxylic acids is 1. The van der Waals surface area contributed by atoms with E-state index in [-0.39, 0.29) is 5.91 Å². The number of benzene rings is 1. The average Bonchev–Trinajstić information content (AvgIpc) is 2.55. The Morgan fingerprint density at radius 3 is 2.59 bits per heavy atom. The summed E-state index contributed by atoms with van der Waals surface area (Å²) >= 11 is 6.04. The summed E-state index contributed by atoms with van der Waals surface area (Å²) in [5, 5.41) is 0.738. The van der Waals surface area contributed by atoms with Gasteiger partial charge in [-0.1, -0.05) is 17.7 Å². The Morgan fingerprint density at radius 2 is 1.91 bits per heavy atom. The SMILES string of the molecule is Cc1ncccc1C(=O)N1CCN(c2cccc(Cl)c2)CC1. The maximum absolute atomic E-state index is 12.6. The Labute approximate surface area is 135 Å². The van der Waals surface area contributed by atoms with Crippen LogP contribution >= 0.6 is 11.6 Å². The molecule has 0 atom stereocenters. The van der Waals surface area contributed by atoms with Crippen LogP contribution in [0.3, 0.4) is 0 Å². The number of amides is 1. The van der Waals surface area contributed by atoms with Crippen LogP contribution < -0.4 is 4.90 Å². The Balaban J connectivity index is 1.67. The van der Waals surface area contributed by atoms with Gasteiger partial charge in [-0.2, -0.15) is 0 Å². The van der Waals surface area contributed by atoms with Crippen molar-refractivity contribution in [1.29, 1.82) is 0 Å². The molecule has 1 aliphatic rings.